The quantitative estimate of drug-likeness (QED) is 0.829. The minimum atomic E-state index is -0.465. The fourth-order valence-electron chi connectivity index (χ4n) is 2.70. The van der Waals surface area contributed by atoms with Crippen molar-refractivity contribution < 1.29 is 14.0 Å². The number of hydrogen-bond donors (Lipinski definition) is 1. The number of fused-ring (bicyclic) bond motifs is 1. The highest BCUT2D eigenvalue weighted by Gasteiger charge is 2.31. The first-order chi connectivity index (χ1) is 12.5. The Morgan fingerprint density at radius 2 is 1.88 bits per heavy atom. The summed E-state index contributed by atoms with van der Waals surface area (Å²) in [6.45, 7) is 1.96. The zero-order valence-electron chi connectivity index (χ0n) is 13.7. The van der Waals surface area contributed by atoms with Gasteiger partial charge in [-0.3, -0.25) is 14.5 Å². The molecule has 0 bridgehead atoms. The van der Waals surface area contributed by atoms with Crippen molar-refractivity contribution in [3.63, 3.8) is 0 Å². The zero-order valence-corrected chi connectivity index (χ0v) is 14.5. The first kappa shape index (κ1) is 16.5. The van der Waals surface area contributed by atoms with E-state index in [4.69, 9.17) is 0 Å². The van der Waals surface area contributed by atoms with Crippen LogP contribution < -0.4 is 10.2 Å². The molecule has 6 nitrogen and oxygen atoms in total. The maximum Gasteiger partial charge on any atom is 0.276 e. The minimum absolute atomic E-state index is 0.0239. The lowest BCUT2D eigenvalue weighted by molar-refractivity contribution is -0.115. The van der Waals surface area contributed by atoms with Crippen LogP contribution in [0.25, 0.3) is 0 Å². The van der Waals surface area contributed by atoms with Crippen LogP contribution in [0.3, 0.4) is 0 Å². The minimum Gasteiger partial charge on any atom is -0.320 e. The van der Waals surface area contributed by atoms with Crippen LogP contribution in [0, 0.1) is 12.7 Å². The van der Waals surface area contributed by atoms with Gasteiger partial charge in [0.1, 0.15) is 5.82 Å². The first-order valence-electron chi connectivity index (χ1n) is 7.82. The van der Waals surface area contributed by atoms with Gasteiger partial charge in [-0.05, 0) is 37.3 Å². The van der Waals surface area contributed by atoms with Gasteiger partial charge in [0.2, 0.25) is 5.91 Å². The third kappa shape index (κ3) is 2.88. The number of nitrogens with one attached hydrogen (secondary N) is 1. The van der Waals surface area contributed by atoms with Gasteiger partial charge in [0.15, 0.2) is 10.9 Å². The number of benzene rings is 2. The van der Waals surface area contributed by atoms with Gasteiger partial charge in [0.05, 0.1) is 17.1 Å². The lowest BCUT2D eigenvalue weighted by Gasteiger charge is -2.15. The van der Waals surface area contributed by atoms with E-state index >= 15 is 0 Å². The topological polar surface area (TPSA) is 74.1 Å². The average molecular weight is 368 g/mol. The molecule has 4 rings (SSSR count). The summed E-state index contributed by atoms with van der Waals surface area (Å²) in [5, 5.41) is 11.1. The van der Waals surface area contributed by atoms with E-state index in [0.717, 1.165) is 5.56 Å². The first-order valence-corrected chi connectivity index (χ1v) is 8.81. The average Bonchev–Trinajstić information content (AvgIpc) is 3.13. The van der Waals surface area contributed by atoms with E-state index in [-0.39, 0.29) is 17.4 Å². The van der Waals surface area contributed by atoms with Crippen LogP contribution in [-0.2, 0) is 9.59 Å². The molecular weight excluding hydrogens is 355 g/mol. The standard InChI is InChI=1S/C18H13FN4O2S/c1-10-2-5-12(6-3-10)23-15(24)9-26-18(23)22-21-16-13-8-11(19)4-7-14(13)20-17(16)25/h2-8H,9H2,1H3,(H,20,21,25). The third-order valence-electron chi connectivity index (χ3n) is 3.99. The molecule has 26 heavy (non-hydrogen) atoms. The molecule has 2 aliphatic heterocycles. The summed E-state index contributed by atoms with van der Waals surface area (Å²) in [6, 6.07) is 11.4. The van der Waals surface area contributed by atoms with Crippen molar-refractivity contribution in [2.75, 3.05) is 16.0 Å². The van der Waals surface area contributed by atoms with Crippen molar-refractivity contribution in [3.8, 4) is 0 Å². The number of amidine groups is 1. The molecule has 0 atom stereocenters. The van der Waals surface area contributed by atoms with Gasteiger partial charge in [0, 0.05) is 5.56 Å². The molecule has 2 amide bonds. The van der Waals surface area contributed by atoms with Crippen LogP contribution in [0.15, 0.2) is 52.7 Å². The van der Waals surface area contributed by atoms with Crippen molar-refractivity contribution in [1.82, 2.24) is 0 Å². The summed E-state index contributed by atoms with van der Waals surface area (Å²) in [4.78, 5) is 25.8. The molecule has 0 aliphatic carbocycles. The Kier molecular flexibility index (Phi) is 4.04. The fraction of sp³-hybridized carbons (Fsp3) is 0.111. The molecule has 1 N–H and O–H groups in total. The van der Waals surface area contributed by atoms with E-state index in [2.05, 4.69) is 15.5 Å². The summed E-state index contributed by atoms with van der Waals surface area (Å²) in [5.74, 6) is -0.784. The van der Waals surface area contributed by atoms with Crippen LogP contribution in [0.4, 0.5) is 15.8 Å². The van der Waals surface area contributed by atoms with E-state index in [1.54, 1.807) is 0 Å². The molecule has 2 heterocycles. The molecule has 1 fully saturated rings. The van der Waals surface area contributed by atoms with Crippen molar-refractivity contribution in [2.24, 2.45) is 10.2 Å². The number of carbonyl (C=O) groups excluding carboxylic acids is 2. The fourth-order valence-corrected chi connectivity index (χ4v) is 3.52. The predicted octanol–water partition coefficient (Wildman–Crippen LogP) is 2.93. The Balaban J connectivity index is 1.71. The maximum absolute atomic E-state index is 13.5. The van der Waals surface area contributed by atoms with Gasteiger partial charge in [-0.15, -0.1) is 10.2 Å². The second-order valence-electron chi connectivity index (χ2n) is 5.83. The second kappa shape index (κ2) is 6.38. The number of halogens is 1. The monoisotopic (exact) mass is 368 g/mol. The molecule has 2 aromatic carbocycles. The Morgan fingerprint density at radius 3 is 2.65 bits per heavy atom. The summed E-state index contributed by atoms with van der Waals surface area (Å²) in [6.07, 6.45) is 0. The van der Waals surface area contributed by atoms with Gasteiger partial charge in [0.25, 0.3) is 5.91 Å². The molecule has 0 saturated carbocycles. The Hall–Kier alpha value is -3.00. The number of aryl methyl sites for hydroxylation is 1. The Morgan fingerprint density at radius 1 is 1.12 bits per heavy atom. The summed E-state index contributed by atoms with van der Waals surface area (Å²) < 4.78 is 13.5. The number of thioether (sulfide) groups is 1. The maximum atomic E-state index is 13.5. The molecular formula is C18H13FN4O2S. The SMILES string of the molecule is Cc1ccc(N2C(=O)CSC2=NN=C2C(=O)Nc3ccc(F)cc32)cc1. The van der Waals surface area contributed by atoms with Gasteiger partial charge in [-0.2, -0.15) is 0 Å². The molecule has 130 valence electrons. The van der Waals surface area contributed by atoms with Crippen molar-refractivity contribution in [3.05, 3.63) is 59.4 Å². The molecule has 0 radical (unpaired) electrons. The summed E-state index contributed by atoms with van der Waals surface area (Å²) in [7, 11) is 0. The smallest absolute Gasteiger partial charge is 0.276 e. The lowest BCUT2D eigenvalue weighted by atomic mass is 10.1. The van der Waals surface area contributed by atoms with Gasteiger partial charge in [-0.25, -0.2) is 4.39 Å². The molecule has 2 aliphatic rings. The molecule has 8 heteroatoms. The third-order valence-corrected chi connectivity index (χ3v) is 4.91. The lowest BCUT2D eigenvalue weighted by Crippen LogP contribution is -2.29. The van der Waals surface area contributed by atoms with Gasteiger partial charge in [-0.1, -0.05) is 29.5 Å². The van der Waals surface area contributed by atoms with Crippen LogP contribution in [0.5, 0.6) is 0 Å². The van der Waals surface area contributed by atoms with Crippen molar-refractivity contribution >= 4 is 45.8 Å². The van der Waals surface area contributed by atoms with E-state index in [0.29, 0.717) is 22.1 Å². The molecule has 0 unspecified atom stereocenters. The van der Waals surface area contributed by atoms with Crippen molar-refractivity contribution in [1.29, 1.82) is 0 Å². The Bertz CT molecular complexity index is 985. The normalized spacial score (nSPS) is 19.4. The largest absolute Gasteiger partial charge is 0.320 e. The molecule has 1 saturated heterocycles. The van der Waals surface area contributed by atoms with Crippen LogP contribution in [0.2, 0.25) is 0 Å². The molecule has 2 aromatic rings. The molecule has 0 spiro atoms. The van der Waals surface area contributed by atoms with Crippen LogP contribution in [-0.4, -0.2) is 28.4 Å². The number of carbonyl (C=O) groups is 2. The highest BCUT2D eigenvalue weighted by atomic mass is 32.2. The van der Waals surface area contributed by atoms with Crippen LogP contribution in [0.1, 0.15) is 11.1 Å². The van der Waals surface area contributed by atoms with Crippen molar-refractivity contribution in [2.45, 2.75) is 6.92 Å². The number of rotatable bonds is 2. The predicted molar refractivity (Wildman–Crippen MR) is 100 cm³/mol. The highest BCUT2D eigenvalue weighted by molar-refractivity contribution is 8.15. The van der Waals surface area contributed by atoms with Crippen LogP contribution >= 0.6 is 11.8 Å². The van der Waals surface area contributed by atoms with E-state index in [1.807, 2.05) is 31.2 Å². The van der Waals surface area contributed by atoms with Gasteiger partial charge < -0.3 is 5.32 Å². The number of amides is 2. The van der Waals surface area contributed by atoms with E-state index in [1.165, 1.54) is 34.9 Å². The number of anilines is 2. The van der Waals surface area contributed by atoms with E-state index in [9.17, 15) is 14.0 Å². The zero-order chi connectivity index (χ0) is 18.3. The number of nitrogens with zero attached hydrogens (tertiary/aromatic N) is 3. The second-order valence-corrected chi connectivity index (χ2v) is 6.77. The Labute approximate surface area is 152 Å². The van der Waals surface area contributed by atoms with E-state index < -0.39 is 11.7 Å². The highest BCUT2D eigenvalue weighted by Crippen LogP contribution is 2.28. The van der Waals surface area contributed by atoms with Gasteiger partial charge >= 0.3 is 0 Å². The number of hydrogen-bond acceptors (Lipinski definition) is 5. The summed E-state index contributed by atoms with van der Waals surface area (Å²) >= 11 is 1.24. The molecule has 0 aromatic heterocycles. The summed E-state index contributed by atoms with van der Waals surface area (Å²) in [5.41, 5.74) is 2.63.